The number of ether oxygens (including phenoxy) is 2. The molecule has 0 saturated heterocycles. The number of hydrogen-bond acceptors (Lipinski definition) is 3. The number of benzene rings is 1. The molecule has 3 heteroatoms. The van der Waals surface area contributed by atoms with Crippen molar-refractivity contribution in [2.45, 2.75) is 89.9 Å². The minimum atomic E-state index is -0.437. The van der Waals surface area contributed by atoms with Crippen molar-refractivity contribution in [3.63, 3.8) is 0 Å². The second-order valence-corrected chi connectivity index (χ2v) is 7.53. The molecule has 3 rings (SSSR count). The average Bonchev–Trinajstić information content (AvgIpc) is 2.94. The lowest BCUT2D eigenvalue weighted by Crippen LogP contribution is -2.40. The van der Waals surface area contributed by atoms with Gasteiger partial charge in [-0.05, 0) is 37.7 Å². The maximum atomic E-state index is 10.8. The lowest BCUT2D eigenvalue weighted by molar-refractivity contribution is -0.105. The van der Waals surface area contributed by atoms with Gasteiger partial charge in [-0.2, -0.15) is 0 Å². The van der Waals surface area contributed by atoms with E-state index >= 15 is 0 Å². The molecule has 1 saturated carbocycles. The second kappa shape index (κ2) is 7.77. The lowest BCUT2D eigenvalue weighted by Gasteiger charge is -2.31. The van der Waals surface area contributed by atoms with Gasteiger partial charge in [0.25, 0.3) is 5.79 Å². The molecule has 1 aliphatic heterocycles. The summed E-state index contributed by atoms with van der Waals surface area (Å²) in [7, 11) is 0. The van der Waals surface area contributed by atoms with Gasteiger partial charge in [0, 0.05) is 24.8 Å². The van der Waals surface area contributed by atoms with Gasteiger partial charge in [-0.25, -0.2) is 0 Å². The first-order valence-electron chi connectivity index (χ1n) is 9.85. The molecule has 1 atom stereocenters. The van der Waals surface area contributed by atoms with E-state index < -0.39 is 5.79 Å². The molecule has 134 valence electrons. The Morgan fingerprint density at radius 3 is 2.42 bits per heavy atom. The molecule has 0 amide bonds. The molecule has 1 aromatic carbocycles. The van der Waals surface area contributed by atoms with Crippen LogP contribution in [0.3, 0.4) is 0 Å². The van der Waals surface area contributed by atoms with E-state index in [0.29, 0.717) is 12.3 Å². The van der Waals surface area contributed by atoms with Crippen LogP contribution in [0.2, 0.25) is 0 Å². The fraction of sp³-hybridized carbons (Fsp3) is 0.714. The van der Waals surface area contributed by atoms with E-state index in [0.717, 1.165) is 55.6 Å². The summed E-state index contributed by atoms with van der Waals surface area (Å²) in [5.74, 6) is 1.68. The quantitative estimate of drug-likeness (QED) is 0.742. The lowest BCUT2D eigenvalue weighted by atomic mass is 9.88. The van der Waals surface area contributed by atoms with Crippen molar-refractivity contribution < 1.29 is 14.6 Å². The molecule has 1 heterocycles. The van der Waals surface area contributed by atoms with E-state index in [1.54, 1.807) is 0 Å². The van der Waals surface area contributed by atoms with Crippen LogP contribution in [0.25, 0.3) is 0 Å². The number of fused-ring (bicyclic) bond motifs is 1. The molecule has 0 aromatic heterocycles. The van der Waals surface area contributed by atoms with Crippen molar-refractivity contribution in [2.24, 2.45) is 5.92 Å². The van der Waals surface area contributed by atoms with Crippen LogP contribution in [0.15, 0.2) is 18.2 Å². The first-order chi connectivity index (χ1) is 11.7. The maximum Gasteiger partial charge on any atom is 0.251 e. The number of para-hydroxylation sites is 1. The third-order valence-electron chi connectivity index (χ3n) is 5.55. The van der Waals surface area contributed by atoms with Crippen molar-refractivity contribution in [1.82, 2.24) is 0 Å². The molecular weight excluding hydrogens is 300 g/mol. The van der Waals surface area contributed by atoms with Crippen molar-refractivity contribution in [3.05, 3.63) is 23.8 Å². The maximum absolute atomic E-state index is 10.8. The van der Waals surface area contributed by atoms with E-state index in [9.17, 15) is 5.11 Å². The van der Waals surface area contributed by atoms with Crippen LogP contribution in [0, 0.1) is 5.92 Å². The highest BCUT2D eigenvalue weighted by atomic mass is 16.7. The van der Waals surface area contributed by atoms with Crippen molar-refractivity contribution in [3.8, 4) is 11.5 Å². The van der Waals surface area contributed by atoms with Crippen LogP contribution in [-0.4, -0.2) is 17.0 Å². The van der Waals surface area contributed by atoms with E-state index in [2.05, 4.69) is 19.9 Å². The smallest absolute Gasteiger partial charge is 0.251 e. The highest BCUT2D eigenvalue weighted by Gasteiger charge is 2.43. The minimum Gasteiger partial charge on any atom is -0.448 e. The molecule has 1 unspecified atom stereocenters. The number of aliphatic hydroxyl groups excluding tert-OH is 1. The molecular formula is C21H32O3. The summed E-state index contributed by atoms with van der Waals surface area (Å²) in [6, 6.07) is 6.12. The van der Waals surface area contributed by atoms with E-state index in [4.69, 9.17) is 9.47 Å². The van der Waals surface area contributed by atoms with Crippen LogP contribution in [0.1, 0.15) is 77.2 Å². The Bertz CT molecular complexity index is 528. The van der Waals surface area contributed by atoms with E-state index in [1.165, 1.54) is 19.3 Å². The van der Waals surface area contributed by atoms with Gasteiger partial charge in [0.1, 0.15) is 0 Å². The van der Waals surface area contributed by atoms with Crippen LogP contribution in [0.4, 0.5) is 0 Å². The standard InChI is InChI=1S/C21H32O3/c1-3-9-16(10-4-2)18(22)15-17-11-8-12-19-20(17)24-21(23-19)13-6-5-7-14-21/h8,11-12,16,18,22H,3-7,9-10,13-15H2,1-2H3. The van der Waals surface area contributed by atoms with Crippen molar-refractivity contribution >= 4 is 0 Å². The summed E-state index contributed by atoms with van der Waals surface area (Å²) in [6.45, 7) is 4.39. The van der Waals surface area contributed by atoms with Crippen LogP contribution in [-0.2, 0) is 6.42 Å². The molecule has 3 nitrogen and oxygen atoms in total. The van der Waals surface area contributed by atoms with Crippen LogP contribution >= 0.6 is 0 Å². The fourth-order valence-corrected chi connectivity index (χ4v) is 4.28. The van der Waals surface area contributed by atoms with Crippen LogP contribution < -0.4 is 9.47 Å². The van der Waals surface area contributed by atoms with Gasteiger partial charge >= 0.3 is 0 Å². The number of hydrogen-bond donors (Lipinski definition) is 1. The normalized spacial score (nSPS) is 19.8. The Kier molecular flexibility index (Phi) is 5.70. The molecule has 24 heavy (non-hydrogen) atoms. The molecule has 1 N–H and O–H groups in total. The molecule has 0 bridgehead atoms. The Morgan fingerprint density at radius 2 is 1.75 bits per heavy atom. The highest BCUT2D eigenvalue weighted by molar-refractivity contribution is 5.49. The van der Waals surface area contributed by atoms with Gasteiger partial charge in [0.05, 0.1) is 6.10 Å². The van der Waals surface area contributed by atoms with Gasteiger partial charge in [-0.15, -0.1) is 0 Å². The van der Waals surface area contributed by atoms with Crippen LogP contribution in [0.5, 0.6) is 11.5 Å². The number of rotatable bonds is 7. The van der Waals surface area contributed by atoms with Crippen molar-refractivity contribution in [1.29, 1.82) is 0 Å². The average molecular weight is 332 g/mol. The molecule has 1 aliphatic carbocycles. The zero-order chi connectivity index (χ0) is 17.0. The predicted molar refractivity (Wildman–Crippen MR) is 96.5 cm³/mol. The summed E-state index contributed by atoms with van der Waals surface area (Å²) in [5, 5.41) is 10.8. The molecule has 0 radical (unpaired) electrons. The predicted octanol–water partition coefficient (Wildman–Crippen LogP) is 5.24. The largest absolute Gasteiger partial charge is 0.448 e. The third kappa shape index (κ3) is 3.72. The topological polar surface area (TPSA) is 38.7 Å². The summed E-state index contributed by atoms with van der Waals surface area (Å²) >= 11 is 0. The summed E-state index contributed by atoms with van der Waals surface area (Å²) in [6.07, 6.45) is 10.3. The SMILES string of the molecule is CCCC(CCC)C(O)Cc1cccc2c1OC1(CCCCC1)O2. The third-order valence-corrected chi connectivity index (χ3v) is 5.55. The molecule has 2 aliphatic rings. The van der Waals surface area contributed by atoms with Gasteiger partial charge in [0.15, 0.2) is 11.5 Å². The van der Waals surface area contributed by atoms with E-state index in [1.807, 2.05) is 12.1 Å². The monoisotopic (exact) mass is 332 g/mol. The Balaban J connectivity index is 1.73. The zero-order valence-electron chi connectivity index (χ0n) is 15.2. The first-order valence-corrected chi connectivity index (χ1v) is 9.85. The van der Waals surface area contributed by atoms with Gasteiger partial charge in [-0.1, -0.05) is 45.2 Å². The summed E-state index contributed by atoms with van der Waals surface area (Å²) in [4.78, 5) is 0. The summed E-state index contributed by atoms with van der Waals surface area (Å²) < 4.78 is 12.5. The minimum absolute atomic E-state index is 0.303. The molecule has 1 fully saturated rings. The Morgan fingerprint density at radius 1 is 1.04 bits per heavy atom. The van der Waals surface area contributed by atoms with Crippen molar-refractivity contribution in [2.75, 3.05) is 0 Å². The second-order valence-electron chi connectivity index (χ2n) is 7.53. The highest BCUT2D eigenvalue weighted by Crippen LogP contribution is 2.47. The molecule has 1 aromatic rings. The number of aliphatic hydroxyl groups is 1. The summed E-state index contributed by atoms with van der Waals surface area (Å²) in [5.41, 5.74) is 1.10. The molecule has 1 spiro atoms. The Hall–Kier alpha value is -1.22. The van der Waals surface area contributed by atoms with Gasteiger partial charge < -0.3 is 14.6 Å². The first kappa shape index (κ1) is 17.6. The van der Waals surface area contributed by atoms with Gasteiger partial charge in [-0.3, -0.25) is 0 Å². The van der Waals surface area contributed by atoms with E-state index in [-0.39, 0.29) is 6.10 Å². The van der Waals surface area contributed by atoms with Gasteiger partial charge in [0.2, 0.25) is 0 Å². The fourth-order valence-electron chi connectivity index (χ4n) is 4.28. The zero-order valence-corrected chi connectivity index (χ0v) is 15.2. The Labute approximate surface area is 146 Å².